The molecule has 0 saturated heterocycles. The van der Waals surface area contributed by atoms with Crippen LogP contribution >= 0.6 is 11.8 Å². The van der Waals surface area contributed by atoms with Crippen LogP contribution in [0.25, 0.3) is 11.5 Å². The summed E-state index contributed by atoms with van der Waals surface area (Å²) < 4.78 is 10.7. The molecular formula is C18H18N4O4S. The van der Waals surface area contributed by atoms with E-state index in [-0.39, 0.29) is 22.8 Å². The van der Waals surface area contributed by atoms with Crippen LogP contribution in [0.15, 0.2) is 50.7 Å². The van der Waals surface area contributed by atoms with Crippen LogP contribution in [-0.2, 0) is 4.79 Å². The molecule has 3 rings (SSSR count). The summed E-state index contributed by atoms with van der Waals surface area (Å²) in [6.45, 7) is 1.80. The normalized spacial score (nSPS) is 10.6. The number of carbonyl (C=O) groups excluding carboxylic acids is 2. The second-order valence-corrected chi connectivity index (χ2v) is 6.81. The Morgan fingerprint density at radius 1 is 1.22 bits per heavy atom. The molecule has 8 nitrogen and oxygen atoms in total. The molecular weight excluding hydrogens is 368 g/mol. The Morgan fingerprint density at radius 3 is 2.74 bits per heavy atom. The molecule has 2 aromatic heterocycles. The summed E-state index contributed by atoms with van der Waals surface area (Å²) in [5.74, 6) is 0.749. The van der Waals surface area contributed by atoms with E-state index in [1.807, 2.05) is 0 Å². The van der Waals surface area contributed by atoms with E-state index in [2.05, 4.69) is 15.5 Å². The molecule has 0 saturated carbocycles. The standard InChI is InChI=1S/C18H18N4O4S/c1-11-14(7-8-25-11)16-20-21-18(26-16)27-10-15(23)19-13-6-4-5-12(9-13)17(24)22(2)3/h4-9H,10H2,1-3H3,(H,19,23). The molecule has 0 spiro atoms. The lowest BCUT2D eigenvalue weighted by Gasteiger charge is -2.11. The molecule has 0 aliphatic carbocycles. The van der Waals surface area contributed by atoms with Gasteiger partial charge >= 0.3 is 0 Å². The molecule has 1 N–H and O–H groups in total. The van der Waals surface area contributed by atoms with Gasteiger partial charge in [0.05, 0.1) is 17.6 Å². The molecule has 0 unspecified atom stereocenters. The maximum Gasteiger partial charge on any atom is 0.277 e. The Kier molecular flexibility index (Phi) is 5.60. The Labute approximate surface area is 159 Å². The average molecular weight is 386 g/mol. The Balaban J connectivity index is 1.58. The molecule has 27 heavy (non-hydrogen) atoms. The molecule has 9 heteroatoms. The third-order valence-corrected chi connectivity index (χ3v) is 4.44. The minimum absolute atomic E-state index is 0.0951. The first-order valence-electron chi connectivity index (χ1n) is 8.06. The van der Waals surface area contributed by atoms with Crippen molar-refractivity contribution in [1.82, 2.24) is 15.1 Å². The van der Waals surface area contributed by atoms with Crippen LogP contribution in [0.1, 0.15) is 16.1 Å². The summed E-state index contributed by atoms with van der Waals surface area (Å²) >= 11 is 1.13. The van der Waals surface area contributed by atoms with Gasteiger partial charge in [-0.2, -0.15) is 0 Å². The second-order valence-electron chi connectivity index (χ2n) is 5.88. The van der Waals surface area contributed by atoms with E-state index in [0.717, 1.165) is 17.3 Å². The van der Waals surface area contributed by atoms with Gasteiger partial charge in [-0.3, -0.25) is 9.59 Å². The summed E-state index contributed by atoms with van der Waals surface area (Å²) in [6.07, 6.45) is 1.55. The van der Waals surface area contributed by atoms with Crippen molar-refractivity contribution in [2.24, 2.45) is 0 Å². The number of aromatic nitrogens is 2. The Hall–Kier alpha value is -3.07. The van der Waals surface area contributed by atoms with Crippen molar-refractivity contribution in [3.8, 4) is 11.5 Å². The lowest BCUT2D eigenvalue weighted by atomic mass is 10.2. The van der Waals surface area contributed by atoms with Crippen LogP contribution in [0.2, 0.25) is 0 Å². The first-order valence-corrected chi connectivity index (χ1v) is 9.05. The van der Waals surface area contributed by atoms with Crippen LogP contribution in [0, 0.1) is 6.92 Å². The summed E-state index contributed by atoms with van der Waals surface area (Å²) in [6, 6.07) is 8.52. The van der Waals surface area contributed by atoms with Gasteiger partial charge in [-0.1, -0.05) is 17.8 Å². The third-order valence-electron chi connectivity index (χ3n) is 3.62. The molecule has 0 fully saturated rings. The molecule has 1 aromatic carbocycles. The highest BCUT2D eigenvalue weighted by atomic mass is 32.2. The summed E-state index contributed by atoms with van der Waals surface area (Å²) in [4.78, 5) is 25.6. The number of furan rings is 1. The lowest BCUT2D eigenvalue weighted by molar-refractivity contribution is -0.113. The van der Waals surface area contributed by atoms with E-state index in [0.29, 0.717) is 22.9 Å². The predicted octanol–water partition coefficient (Wildman–Crippen LogP) is 3.07. The summed E-state index contributed by atoms with van der Waals surface area (Å²) in [5, 5.41) is 10.9. The highest BCUT2D eigenvalue weighted by molar-refractivity contribution is 7.99. The minimum atomic E-state index is -0.242. The summed E-state index contributed by atoms with van der Waals surface area (Å²) in [5.41, 5.74) is 1.78. The average Bonchev–Trinajstić information content (AvgIpc) is 3.28. The van der Waals surface area contributed by atoms with Gasteiger partial charge in [0, 0.05) is 25.3 Å². The van der Waals surface area contributed by atoms with E-state index in [1.54, 1.807) is 57.6 Å². The fourth-order valence-electron chi connectivity index (χ4n) is 2.30. The van der Waals surface area contributed by atoms with Gasteiger partial charge in [0.15, 0.2) is 0 Å². The number of amides is 2. The molecule has 140 valence electrons. The zero-order chi connectivity index (χ0) is 19.4. The van der Waals surface area contributed by atoms with Crippen LogP contribution in [-0.4, -0.2) is 46.8 Å². The number of benzene rings is 1. The highest BCUT2D eigenvalue weighted by Crippen LogP contribution is 2.26. The number of thioether (sulfide) groups is 1. The maximum atomic E-state index is 12.2. The van der Waals surface area contributed by atoms with E-state index in [9.17, 15) is 9.59 Å². The maximum absolute atomic E-state index is 12.2. The molecule has 0 radical (unpaired) electrons. The van der Waals surface area contributed by atoms with Gasteiger partial charge in [-0.05, 0) is 31.2 Å². The molecule has 0 aliphatic heterocycles. The zero-order valence-corrected chi connectivity index (χ0v) is 15.9. The first-order chi connectivity index (χ1) is 12.9. The number of nitrogens with one attached hydrogen (secondary N) is 1. The van der Waals surface area contributed by atoms with Gasteiger partial charge in [0.1, 0.15) is 5.76 Å². The molecule has 3 aromatic rings. The minimum Gasteiger partial charge on any atom is -0.469 e. The van der Waals surface area contributed by atoms with Gasteiger partial charge in [-0.25, -0.2) is 0 Å². The van der Waals surface area contributed by atoms with Gasteiger partial charge in [0.2, 0.25) is 5.91 Å². The van der Waals surface area contributed by atoms with Crippen LogP contribution in [0.3, 0.4) is 0 Å². The molecule has 0 atom stereocenters. The first kappa shape index (κ1) is 18.7. The topological polar surface area (TPSA) is 101 Å². The van der Waals surface area contributed by atoms with Crippen molar-refractivity contribution in [1.29, 1.82) is 0 Å². The van der Waals surface area contributed by atoms with Crippen molar-refractivity contribution >= 4 is 29.3 Å². The molecule has 2 heterocycles. The van der Waals surface area contributed by atoms with E-state index >= 15 is 0 Å². The highest BCUT2D eigenvalue weighted by Gasteiger charge is 2.15. The number of nitrogens with zero attached hydrogens (tertiary/aromatic N) is 3. The van der Waals surface area contributed by atoms with E-state index < -0.39 is 0 Å². The quantitative estimate of drug-likeness (QED) is 0.650. The second kappa shape index (κ2) is 8.09. The van der Waals surface area contributed by atoms with E-state index in [1.165, 1.54) is 4.90 Å². The van der Waals surface area contributed by atoms with Crippen molar-refractivity contribution in [3.05, 3.63) is 47.9 Å². The van der Waals surface area contributed by atoms with Crippen molar-refractivity contribution < 1.29 is 18.4 Å². The monoisotopic (exact) mass is 386 g/mol. The van der Waals surface area contributed by atoms with Crippen LogP contribution < -0.4 is 5.32 Å². The number of carbonyl (C=O) groups is 2. The van der Waals surface area contributed by atoms with Gasteiger partial charge < -0.3 is 19.1 Å². The fourth-order valence-corrected chi connectivity index (χ4v) is 2.86. The van der Waals surface area contributed by atoms with E-state index in [4.69, 9.17) is 8.83 Å². The van der Waals surface area contributed by atoms with Crippen molar-refractivity contribution in [2.45, 2.75) is 12.1 Å². The number of hydrogen-bond donors (Lipinski definition) is 1. The molecule has 0 aliphatic rings. The Bertz CT molecular complexity index is 964. The van der Waals surface area contributed by atoms with Gasteiger partial charge in [0.25, 0.3) is 17.0 Å². The van der Waals surface area contributed by atoms with Crippen molar-refractivity contribution in [2.75, 3.05) is 25.2 Å². The number of anilines is 1. The lowest BCUT2D eigenvalue weighted by Crippen LogP contribution is -2.22. The van der Waals surface area contributed by atoms with Crippen LogP contribution in [0.5, 0.6) is 0 Å². The molecule has 0 bridgehead atoms. The predicted molar refractivity (Wildman–Crippen MR) is 101 cm³/mol. The number of rotatable bonds is 6. The smallest absolute Gasteiger partial charge is 0.277 e. The Morgan fingerprint density at radius 2 is 2.04 bits per heavy atom. The zero-order valence-electron chi connectivity index (χ0n) is 15.1. The number of aryl methyl sites for hydroxylation is 1. The van der Waals surface area contributed by atoms with Crippen molar-refractivity contribution in [3.63, 3.8) is 0 Å². The summed E-state index contributed by atoms with van der Waals surface area (Å²) in [7, 11) is 3.35. The molecule has 2 amide bonds. The third kappa shape index (κ3) is 4.56. The van der Waals surface area contributed by atoms with Gasteiger partial charge in [-0.15, -0.1) is 10.2 Å². The fraction of sp³-hybridized carbons (Fsp3) is 0.222. The largest absolute Gasteiger partial charge is 0.469 e. The number of hydrogen-bond acceptors (Lipinski definition) is 7. The van der Waals surface area contributed by atoms with Crippen LogP contribution in [0.4, 0.5) is 5.69 Å². The SMILES string of the molecule is Cc1occc1-c1nnc(SCC(=O)Nc2cccc(C(=O)N(C)C)c2)o1.